The molecule has 2 aliphatic rings. The highest BCUT2D eigenvalue weighted by Crippen LogP contribution is 2.47. The molecule has 8 nitrogen and oxygen atoms in total. The second-order valence-electron chi connectivity index (χ2n) is 8.35. The number of rotatable bonds is 9. The average molecular weight is 414 g/mol. The molecule has 2 unspecified atom stereocenters. The third-order valence-electron chi connectivity index (χ3n) is 6.10. The van der Waals surface area contributed by atoms with Gasteiger partial charge in [-0.15, -0.1) is 0 Å². The van der Waals surface area contributed by atoms with Crippen molar-refractivity contribution in [2.24, 2.45) is 17.8 Å². The summed E-state index contributed by atoms with van der Waals surface area (Å²) in [6.07, 6.45) is 1.39. The maximum Gasteiger partial charge on any atom is 0.302 e. The Kier molecular flexibility index (Phi) is 7.62. The van der Waals surface area contributed by atoms with Crippen molar-refractivity contribution in [1.29, 1.82) is 0 Å². The van der Waals surface area contributed by atoms with Crippen LogP contribution in [0.4, 0.5) is 0 Å². The normalized spacial score (nSPS) is 37.7. The summed E-state index contributed by atoms with van der Waals surface area (Å²) in [5.74, 6) is -4.50. The standard InChI is InChI=1S/C21H34O8/c1-6-8-12(3)19-20(5,29-19)18(25)15(10-27-13(4)22)17(24)14-11-28-21(26,7-2)9-16(14)23/h6,8,12,14-16,18-19,23,25-26H,7,9-11H2,1-5H3/t12-,14+,15-,16-,18-,19+,20?,21?/m0/s1. The van der Waals surface area contributed by atoms with Gasteiger partial charge in [-0.05, 0) is 20.3 Å². The first kappa shape index (κ1) is 24.0. The molecule has 8 atom stereocenters. The lowest BCUT2D eigenvalue weighted by molar-refractivity contribution is -0.258. The maximum atomic E-state index is 13.2. The lowest BCUT2D eigenvalue weighted by Crippen LogP contribution is -2.53. The molecule has 3 N–H and O–H groups in total. The largest absolute Gasteiger partial charge is 0.465 e. The molecule has 0 aromatic carbocycles. The zero-order valence-corrected chi connectivity index (χ0v) is 17.8. The molecule has 0 aliphatic carbocycles. The van der Waals surface area contributed by atoms with Gasteiger partial charge in [0.15, 0.2) is 5.79 Å². The van der Waals surface area contributed by atoms with E-state index in [1.807, 2.05) is 26.0 Å². The number of carbonyl (C=O) groups is 2. The van der Waals surface area contributed by atoms with E-state index in [0.29, 0.717) is 0 Å². The summed E-state index contributed by atoms with van der Waals surface area (Å²) in [7, 11) is 0. The van der Waals surface area contributed by atoms with Crippen LogP contribution in [0.5, 0.6) is 0 Å². The number of esters is 1. The molecule has 2 rings (SSSR count). The Labute approximate surface area is 171 Å². The van der Waals surface area contributed by atoms with Crippen LogP contribution in [-0.4, -0.2) is 70.0 Å². The predicted molar refractivity (Wildman–Crippen MR) is 104 cm³/mol. The second-order valence-corrected chi connectivity index (χ2v) is 8.35. The Hall–Kier alpha value is -1.32. The fourth-order valence-electron chi connectivity index (χ4n) is 4.12. The van der Waals surface area contributed by atoms with E-state index in [-0.39, 0.29) is 38.1 Å². The first-order chi connectivity index (χ1) is 13.5. The van der Waals surface area contributed by atoms with Crippen molar-refractivity contribution in [3.8, 4) is 0 Å². The van der Waals surface area contributed by atoms with Gasteiger partial charge in [-0.1, -0.05) is 26.0 Å². The van der Waals surface area contributed by atoms with Gasteiger partial charge in [-0.2, -0.15) is 0 Å². The van der Waals surface area contributed by atoms with Gasteiger partial charge in [-0.3, -0.25) is 9.59 Å². The highest BCUT2D eigenvalue weighted by Gasteiger charge is 2.62. The van der Waals surface area contributed by atoms with Crippen LogP contribution in [0.3, 0.4) is 0 Å². The fraction of sp³-hybridized carbons (Fsp3) is 0.810. The van der Waals surface area contributed by atoms with Gasteiger partial charge in [0.25, 0.3) is 0 Å². The van der Waals surface area contributed by atoms with Crippen LogP contribution in [0.25, 0.3) is 0 Å². The van der Waals surface area contributed by atoms with E-state index in [0.717, 1.165) is 0 Å². The molecular formula is C21H34O8. The quantitative estimate of drug-likeness (QED) is 0.289. The number of allylic oxidation sites excluding steroid dienone is 1. The summed E-state index contributed by atoms with van der Waals surface area (Å²) < 4.78 is 16.2. The van der Waals surface area contributed by atoms with Crippen molar-refractivity contribution in [3.63, 3.8) is 0 Å². The monoisotopic (exact) mass is 414 g/mol. The molecule has 0 aromatic heterocycles. The topological polar surface area (TPSA) is 126 Å². The van der Waals surface area contributed by atoms with Gasteiger partial charge in [0, 0.05) is 19.3 Å². The van der Waals surface area contributed by atoms with E-state index in [1.54, 1.807) is 13.8 Å². The van der Waals surface area contributed by atoms with E-state index in [9.17, 15) is 24.9 Å². The van der Waals surface area contributed by atoms with Crippen molar-refractivity contribution in [2.75, 3.05) is 13.2 Å². The van der Waals surface area contributed by atoms with Crippen molar-refractivity contribution < 1.29 is 39.1 Å². The van der Waals surface area contributed by atoms with E-state index in [2.05, 4.69) is 0 Å². The SMILES string of the molecule is CC=C[C@H](C)[C@H]1OC1(C)[C@@H](O)[C@@H](COC(C)=O)C(=O)[C@@H]1COC(O)(CC)C[C@@H]1O. The fourth-order valence-corrected chi connectivity index (χ4v) is 4.12. The van der Waals surface area contributed by atoms with E-state index in [1.165, 1.54) is 6.92 Å². The second kappa shape index (κ2) is 9.22. The van der Waals surface area contributed by atoms with Crippen molar-refractivity contribution in [2.45, 2.75) is 77.2 Å². The molecule has 0 saturated carbocycles. The van der Waals surface area contributed by atoms with Crippen LogP contribution in [-0.2, 0) is 23.8 Å². The molecular weight excluding hydrogens is 380 g/mol. The molecule has 29 heavy (non-hydrogen) atoms. The van der Waals surface area contributed by atoms with Crippen LogP contribution in [0.1, 0.15) is 47.5 Å². The molecule has 166 valence electrons. The number of ether oxygens (including phenoxy) is 3. The van der Waals surface area contributed by atoms with Crippen molar-refractivity contribution in [1.82, 2.24) is 0 Å². The third-order valence-corrected chi connectivity index (χ3v) is 6.10. The number of aliphatic hydroxyl groups excluding tert-OH is 2. The Bertz CT molecular complexity index is 634. The van der Waals surface area contributed by atoms with Crippen LogP contribution >= 0.6 is 0 Å². The maximum absolute atomic E-state index is 13.2. The molecule has 8 heteroatoms. The Balaban J connectivity index is 2.17. The van der Waals surface area contributed by atoms with E-state index in [4.69, 9.17) is 14.2 Å². The third kappa shape index (κ3) is 5.24. The van der Waals surface area contributed by atoms with Gasteiger partial charge in [0.1, 0.15) is 18.0 Å². The predicted octanol–water partition coefficient (Wildman–Crippen LogP) is 0.961. The van der Waals surface area contributed by atoms with E-state index >= 15 is 0 Å². The lowest BCUT2D eigenvalue weighted by Gasteiger charge is -2.39. The summed E-state index contributed by atoms with van der Waals surface area (Å²) in [5, 5.41) is 31.7. The highest BCUT2D eigenvalue weighted by atomic mass is 16.6. The minimum atomic E-state index is -1.47. The summed E-state index contributed by atoms with van der Waals surface area (Å²) >= 11 is 0. The zero-order valence-electron chi connectivity index (χ0n) is 17.8. The smallest absolute Gasteiger partial charge is 0.302 e. The summed E-state index contributed by atoms with van der Waals surface area (Å²) in [6, 6.07) is 0. The zero-order chi connectivity index (χ0) is 22.0. The molecule has 2 saturated heterocycles. The number of carbonyl (C=O) groups excluding carboxylic acids is 2. The molecule has 0 bridgehead atoms. The number of hydrogen-bond donors (Lipinski definition) is 3. The number of epoxide rings is 1. The van der Waals surface area contributed by atoms with Crippen LogP contribution < -0.4 is 0 Å². The summed E-state index contributed by atoms with van der Waals surface area (Å²) in [6.45, 7) is 8.01. The van der Waals surface area contributed by atoms with Crippen LogP contribution in [0.2, 0.25) is 0 Å². The molecule has 0 amide bonds. The number of aliphatic hydroxyl groups is 3. The van der Waals surface area contributed by atoms with Crippen molar-refractivity contribution in [3.05, 3.63) is 12.2 Å². The lowest BCUT2D eigenvalue weighted by atomic mass is 9.78. The number of Topliss-reactive ketones (excluding diaryl/α,β-unsaturated/α-hetero) is 1. The van der Waals surface area contributed by atoms with Gasteiger partial charge >= 0.3 is 5.97 Å². The van der Waals surface area contributed by atoms with Crippen molar-refractivity contribution >= 4 is 11.8 Å². The number of hydrogen-bond acceptors (Lipinski definition) is 8. The average Bonchev–Trinajstić information content (AvgIpc) is 3.35. The molecule has 0 aromatic rings. The molecule has 2 heterocycles. The minimum Gasteiger partial charge on any atom is -0.465 e. The van der Waals surface area contributed by atoms with Gasteiger partial charge in [0.05, 0.1) is 36.8 Å². The van der Waals surface area contributed by atoms with Crippen LogP contribution in [0.15, 0.2) is 12.2 Å². The molecule has 0 radical (unpaired) electrons. The highest BCUT2D eigenvalue weighted by molar-refractivity contribution is 5.85. The van der Waals surface area contributed by atoms with Crippen LogP contribution in [0, 0.1) is 17.8 Å². The Morgan fingerprint density at radius 1 is 1.38 bits per heavy atom. The first-order valence-electron chi connectivity index (χ1n) is 10.2. The minimum absolute atomic E-state index is 0.0345. The summed E-state index contributed by atoms with van der Waals surface area (Å²) in [5.41, 5.74) is -0.968. The number of ketones is 1. The molecule has 2 aliphatic heterocycles. The molecule has 2 fully saturated rings. The Morgan fingerprint density at radius 3 is 2.55 bits per heavy atom. The Morgan fingerprint density at radius 2 is 2.03 bits per heavy atom. The van der Waals surface area contributed by atoms with Gasteiger partial charge in [-0.25, -0.2) is 0 Å². The van der Waals surface area contributed by atoms with Gasteiger partial charge < -0.3 is 29.5 Å². The summed E-state index contributed by atoms with van der Waals surface area (Å²) in [4.78, 5) is 24.5. The van der Waals surface area contributed by atoms with E-state index < -0.39 is 47.2 Å². The molecule has 0 spiro atoms. The van der Waals surface area contributed by atoms with Gasteiger partial charge in [0.2, 0.25) is 0 Å². The first-order valence-corrected chi connectivity index (χ1v) is 10.2.